The number of benzene rings is 3. The van der Waals surface area contributed by atoms with Gasteiger partial charge in [-0.3, -0.25) is 13.9 Å². The van der Waals surface area contributed by atoms with Gasteiger partial charge in [-0.25, -0.2) is 8.42 Å². The molecule has 0 radical (unpaired) electrons. The third kappa shape index (κ3) is 7.91. The molecule has 0 spiro atoms. The molecule has 0 aliphatic heterocycles. The molecular weight excluding hydrogens is 640 g/mol. The van der Waals surface area contributed by atoms with Gasteiger partial charge in [0.25, 0.3) is 10.0 Å². The van der Waals surface area contributed by atoms with Gasteiger partial charge in [-0.15, -0.1) is 0 Å². The number of carbonyl (C=O) groups is 2. The van der Waals surface area contributed by atoms with E-state index in [-0.39, 0.29) is 39.1 Å². The van der Waals surface area contributed by atoms with Crippen molar-refractivity contribution >= 4 is 73.9 Å². The molecule has 7 nitrogen and oxygen atoms in total. The summed E-state index contributed by atoms with van der Waals surface area (Å²) in [5, 5.41) is 4.03. The number of carbonyl (C=O) groups excluding carboxylic acids is 2. The number of nitrogens with one attached hydrogen (secondary N) is 1. The second-order valence-electron chi connectivity index (χ2n) is 10.2. The zero-order chi connectivity index (χ0) is 30.4. The topological polar surface area (TPSA) is 86.8 Å². The molecule has 0 aromatic heterocycles. The number of hydrogen-bond acceptors (Lipinski definition) is 4. The van der Waals surface area contributed by atoms with Crippen LogP contribution in [0.1, 0.15) is 44.6 Å². The summed E-state index contributed by atoms with van der Waals surface area (Å²) in [6.45, 7) is 0.965. The van der Waals surface area contributed by atoms with Crippen molar-refractivity contribution in [3.63, 3.8) is 0 Å². The van der Waals surface area contributed by atoms with Crippen molar-refractivity contribution in [1.29, 1.82) is 0 Å². The number of hydrogen-bond donors (Lipinski definition) is 1. The second-order valence-corrected chi connectivity index (χ2v) is 13.7. The molecule has 1 atom stereocenters. The normalized spacial score (nSPS) is 14.7. The monoisotopic (exact) mass is 669 g/mol. The Bertz CT molecular complexity index is 1530. The minimum atomic E-state index is -4.27. The summed E-state index contributed by atoms with van der Waals surface area (Å²) in [4.78, 5) is 28.8. The van der Waals surface area contributed by atoms with E-state index in [2.05, 4.69) is 5.32 Å². The highest BCUT2D eigenvalue weighted by molar-refractivity contribution is 7.92. The first-order chi connectivity index (χ1) is 20.0. The zero-order valence-electron chi connectivity index (χ0n) is 22.9. The number of amides is 2. The number of halogens is 4. The SMILES string of the molecule is C[C@@H](C(=O)NC1CCCCC1)N(Cc1ccc(Cl)c(Cl)c1)C(=O)CN(c1cc(Cl)ccc1Cl)S(=O)(=O)c1ccccc1. The maximum atomic E-state index is 14.1. The van der Waals surface area contributed by atoms with Crippen molar-refractivity contribution < 1.29 is 18.0 Å². The first-order valence-electron chi connectivity index (χ1n) is 13.5. The molecule has 42 heavy (non-hydrogen) atoms. The number of nitrogens with zero attached hydrogens (tertiary/aromatic N) is 2. The van der Waals surface area contributed by atoms with E-state index in [9.17, 15) is 18.0 Å². The van der Waals surface area contributed by atoms with E-state index < -0.39 is 28.5 Å². The van der Waals surface area contributed by atoms with Crippen LogP contribution in [-0.2, 0) is 26.2 Å². The molecule has 3 aromatic rings. The summed E-state index contributed by atoms with van der Waals surface area (Å²) in [5.74, 6) is -0.948. The van der Waals surface area contributed by atoms with Gasteiger partial charge in [-0.2, -0.15) is 0 Å². The lowest BCUT2D eigenvalue weighted by atomic mass is 9.95. The summed E-state index contributed by atoms with van der Waals surface area (Å²) in [6, 6.07) is 16.1. The van der Waals surface area contributed by atoms with Gasteiger partial charge in [0.2, 0.25) is 11.8 Å². The van der Waals surface area contributed by atoms with E-state index in [1.165, 1.54) is 35.2 Å². The molecule has 1 aliphatic rings. The van der Waals surface area contributed by atoms with E-state index in [1.54, 1.807) is 43.3 Å². The zero-order valence-corrected chi connectivity index (χ0v) is 26.7. The van der Waals surface area contributed by atoms with Gasteiger partial charge in [0.1, 0.15) is 12.6 Å². The van der Waals surface area contributed by atoms with Gasteiger partial charge in [0.05, 0.1) is 25.7 Å². The second kappa shape index (κ2) is 14.3. The fourth-order valence-electron chi connectivity index (χ4n) is 4.90. The Balaban J connectivity index is 1.71. The molecule has 224 valence electrons. The highest BCUT2D eigenvalue weighted by Crippen LogP contribution is 2.33. The fraction of sp³-hybridized carbons (Fsp3) is 0.333. The molecule has 4 rings (SSSR count). The molecule has 1 aliphatic carbocycles. The van der Waals surface area contributed by atoms with Crippen LogP contribution in [0.2, 0.25) is 20.1 Å². The van der Waals surface area contributed by atoms with Crippen molar-refractivity contribution in [2.75, 3.05) is 10.8 Å². The Morgan fingerprint density at radius 2 is 1.55 bits per heavy atom. The highest BCUT2D eigenvalue weighted by Gasteiger charge is 2.34. The molecular formula is C30H31Cl4N3O4S. The Hall–Kier alpha value is -2.49. The van der Waals surface area contributed by atoms with Gasteiger partial charge in [-0.1, -0.05) is 89.9 Å². The van der Waals surface area contributed by atoms with E-state index >= 15 is 0 Å². The standard InChI is InChI=1S/C30H31Cl4N3O4S/c1-20(30(39)35-23-8-4-2-5-9-23)36(18-21-12-14-25(32)27(34)16-21)29(38)19-37(28-17-22(31)13-15-26(28)33)42(40,41)24-10-6-3-7-11-24/h3,6-7,10-17,20,23H,2,4-5,8-9,18-19H2,1H3,(H,35,39)/t20-/m0/s1. The first kappa shape index (κ1) is 32.4. The lowest BCUT2D eigenvalue weighted by Crippen LogP contribution is -2.53. The van der Waals surface area contributed by atoms with Crippen LogP contribution < -0.4 is 9.62 Å². The summed E-state index contributed by atoms with van der Waals surface area (Å²) >= 11 is 25.0. The molecule has 2 amide bonds. The minimum Gasteiger partial charge on any atom is -0.352 e. The predicted molar refractivity (Wildman–Crippen MR) is 169 cm³/mol. The molecule has 0 unspecified atom stereocenters. The van der Waals surface area contributed by atoms with Crippen molar-refractivity contribution in [2.45, 2.75) is 62.6 Å². The third-order valence-corrected chi connectivity index (χ3v) is 10.3. The molecule has 1 N–H and O–H groups in total. The molecule has 0 heterocycles. The van der Waals surface area contributed by atoms with Crippen LogP contribution in [0, 0.1) is 0 Å². The molecule has 1 fully saturated rings. The first-order valence-corrected chi connectivity index (χ1v) is 16.5. The predicted octanol–water partition coefficient (Wildman–Crippen LogP) is 7.36. The van der Waals surface area contributed by atoms with Gasteiger partial charge < -0.3 is 10.2 Å². The Kier molecular flexibility index (Phi) is 11.1. The Morgan fingerprint density at radius 3 is 2.21 bits per heavy atom. The van der Waals surface area contributed by atoms with Crippen LogP contribution in [0.3, 0.4) is 0 Å². The van der Waals surface area contributed by atoms with Crippen LogP contribution in [0.25, 0.3) is 0 Å². The van der Waals surface area contributed by atoms with Crippen LogP contribution in [0.5, 0.6) is 0 Å². The fourth-order valence-corrected chi connectivity index (χ4v) is 7.10. The largest absolute Gasteiger partial charge is 0.352 e. The van der Waals surface area contributed by atoms with E-state index in [4.69, 9.17) is 46.4 Å². The maximum absolute atomic E-state index is 14.1. The molecule has 0 saturated heterocycles. The molecule has 0 bridgehead atoms. The maximum Gasteiger partial charge on any atom is 0.264 e. The minimum absolute atomic E-state index is 0.0164. The van der Waals surface area contributed by atoms with Gasteiger partial charge >= 0.3 is 0 Å². The van der Waals surface area contributed by atoms with Crippen molar-refractivity contribution in [2.24, 2.45) is 0 Å². The van der Waals surface area contributed by atoms with Crippen LogP contribution >= 0.6 is 46.4 Å². The van der Waals surface area contributed by atoms with Crippen LogP contribution in [0.4, 0.5) is 5.69 Å². The van der Waals surface area contributed by atoms with Gasteiger partial charge in [0.15, 0.2) is 0 Å². The lowest BCUT2D eigenvalue weighted by Gasteiger charge is -2.33. The third-order valence-electron chi connectivity index (χ3n) is 7.24. The number of sulfonamides is 1. The average Bonchev–Trinajstić information content (AvgIpc) is 2.98. The summed E-state index contributed by atoms with van der Waals surface area (Å²) in [5.41, 5.74) is 0.656. The molecule has 1 saturated carbocycles. The van der Waals surface area contributed by atoms with Gasteiger partial charge in [-0.05, 0) is 67.8 Å². The molecule has 12 heteroatoms. The quantitative estimate of drug-likeness (QED) is 0.244. The molecule has 3 aromatic carbocycles. The summed E-state index contributed by atoms with van der Waals surface area (Å²) in [6.07, 6.45) is 4.92. The van der Waals surface area contributed by atoms with E-state index in [0.29, 0.717) is 15.6 Å². The van der Waals surface area contributed by atoms with Crippen molar-refractivity contribution in [3.8, 4) is 0 Å². The van der Waals surface area contributed by atoms with Crippen molar-refractivity contribution in [1.82, 2.24) is 10.2 Å². The smallest absolute Gasteiger partial charge is 0.264 e. The number of anilines is 1. The van der Waals surface area contributed by atoms with E-state index in [1.807, 2.05) is 0 Å². The Labute approximate surface area is 266 Å². The lowest BCUT2D eigenvalue weighted by molar-refractivity contribution is -0.139. The van der Waals surface area contributed by atoms with Gasteiger partial charge in [0, 0.05) is 17.6 Å². The summed E-state index contributed by atoms with van der Waals surface area (Å²) in [7, 11) is -4.27. The average molecular weight is 671 g/mol. The van der Waals surface area contributed by atoms with Crippen LogP contribution in [-0.4, -0.2) is 43.8 Å². The summed E-state index contributed by atoms with van der Waals surface area (Å²) < 4.78 is 28.7. The van der Waals surface area contributed by atoms with Crippen LogP contribution in [0.15, 0.2) is 71.6 Å². The van der Waals surface area contributed by atoms with Crippen molar-refractivity contribution in [3.05, 3.63) is 92.4 Å². The number of rotatable bonds is 10. The highest BCUT2D eigenvalue weighted by atomic mass is 35.5. The Morgan fingerprint density at radius 1 is 0.881 bits per heavy atom. The van der Waals surface area contributed by atoms with E-state index in [0.717, 1.165) is 36.4 Å².